The van der Waals surface area contributed by atoms with Crippen LogP contribution < -0.4 is 5.30 Å². The molecular weight excluding hydrogens is 215 g/mol. The van der Waals surface area contributed by atoms with Crippen molar-refractivity contribution in [3.05, 3.63) is 29.8 Å². The lowest BCUT2D eigenvalue weighted by atomic mass is 10.3. The first-order valence-electron chi connectivity index (χ1n) is 3.60. The number of rotatable bonds is 2. The van der Waals surface area contributed by atoms with Crippen LogP contribution in [-0.2, 0) is 0 Å². The first-order valence-corrected chi connectivity index (χ1v) is 5.80. The van der Waals surface area contributed by atoms with Crippen LogP contribution in [-0.4, -0.2) is 18.8 Å². The van der Waals surface area contributed by atoms with Crippen molar-refractivity contribution in [2.24, 2.45) is 0 Å². The molecule has 0 spiro atoms. The highest BCUT2D eigenvalue weighted by molar-refractivity contribution is 7.88. The second-order valence-corrected chi connectivity index (χ2v) is 5.47. The Kier molecular flexibility index (Phi) is 3.60. The van der Waals surface area contributed by atoms with Gasteiger partial charge >= 0.3 is 0 Å². The standard InChI is InChI=1S/C8H9ClF2NP/c1-12(2)13(9)8-4-3-6(10)5-7(8)11/h3-5H,1-2H3. The maximum atomic E-state index is 13.1. The van der Waals surface area contributed by atoms with Gasteiger partial charge in [-0.25, -0.2) is 8.78 Å². The van der Waals surface area contributed by atoms with Gasteiger partial charge in [-0.05, 0) is 26.2 Å². The van der Waals surface area contributed by atoms with Crippen molar-refractivity contribution >= 4 is 24.0 Å². The Hall–Kier alpha value is -0.240. The molecule has 0 fully saturated rings. The van der Waals surface area contributed by atoms with Crippen LogP contribution in [0.5, 0.6) is 0 Å². The van der Waals surface area contributed by atoms with Gasteiger partial charge in [0.05, 0.1) is 7.43 Å². The molecule has 13 heavy (non-hydrogen) atoms. The van der Waals surface area contributed by atoms with E-state index in [4.69, 9.17) is 11.2 Å². The fraction of sp³-hybridized carbons (Fsp3) is 0.250. The van der Waals surface area contributed by atoms with Crippen LogP contribution in [0, 0.1) is 11.6 Å². The van der Waals surface area contributed by atoms with E-state index in [1.54, 1.807) is 18.8 Å². The summed E-state index contributed by atoms with van der Waals surface area (Å²) in [4.78, 5) is 0. The average Bonchev–Trinajstić information content (AvgIpc) is 2.03. The molecular formula is C8H9ClF2NP. The summed E-state index contributed by atoms with van der Waals surface area (Å²) >= 11 is 5.93. The van der Waals surface area contributed by atoms with Gasteiger partial charge in [0.15, 0.2) is 0 Å². The summed E-state index contributed by atoms with van der Waals surface area (Å²) < 4.78 is 27.4. The van der Waals surface area contributed by atoms with E-state index in [1.807, 2.05) is 0 Å². The predicted octanol–water partition coefficient (Wildman–Crippen LogP) is 2.70. The Morgan fingerprint density at radius 2 is 1.92 bits per heavy atom. The van der Waals surface area contributed by atoms with Gasteiger partial charge in [0.1, 0.15) is 11.6 Å². The fourth-order valence-electron chi connectivity index (χ4n) is 0.846. The molecule has 1 unspecified atom stereocenters. The Bertz CT molecular complexity index is 306. The highest BCUT2D eigenvalue weighted by Crippen LogP contribution is 2.42. The van der Waals surface area contributed by atoms with Crippen molar-refractivity contribution in [3.63, 3.8) is 0 Å². The summed E-state index contributed by atoms with van der Waals surface area (Å²) in [5, 5.41) is 0.350. The predicted molar refractivity (Wildman–Crippen MR) is 52.5 cm³/mol. The Labute approximate surface area is 81.9 Å². The summed E-state index contributed by atoms with van der Waals surface area (Å²) in [5.74, 6) is -1.17. The van der Waals surface area contributed by atoms with Crippen molar-refractivity contribution in [2.45, 2.75) is 0 Å². The van der Waals surface area contributed by atoms with E-state index in [0.29, 0.717) is 5.30 Å². The molecule has 72 valence electrons. The van der Waals surface area contributed by atoms with Crippen LogP contribution in [0.1, 0.15) is 0 Å². The van der Waals surface area contributed by atoms with Gasteiger partial charge < -0.3 is 0 Å². The molecule has 0 aromatic heterocycles. The van der Waals surface area contributed by atoms with Crippen molar-refractivity contribution in [1.29, 1.82) is 0 Å². The fourth-order valence-corrected chi connectivity index (χ4v) is 2.13. The molecule has 1 aromatic carbocycles. The molecule has 1 nitrogen and oxygen atoms in total. The molecule has 1 rings (SSSR count). The number of hydrogen-bond donors (Lipinski definition) is 0. The maximum Gasteiger partial charge on any atom is 0.136 e. The summed E-state index contributed by atoms with van der Waals surface area (Å²) in [6.45, 7) is 0. The molecule has 0 heterocycles. The molecule has 0 aliphatic carbocycles. The van der Waals surface area contributed by atoms with E-state index in [2.05, 4.69) is 0 Å². The molecule has 1 aromatic rings. The number of nitrogens with zero attached hydrogens (tertiary/aromatic N) is 1. The first-order chi connectivity index (χ1) is 6.02. The molecule has 5 heteroatoms. The van der Waals surface area contributed by atoms with Gasteiger partial charge in [-0.3, -0.25) is 4.67 Å². The van der Waals surface area contributed by atoms with Crippen molar-refractivity contribution in [3.8, 4) is 0 Å². The SMILES string of the molecule is CN(C)P(Cl)c1ccc(F)cc1F. The minimum Gasteiger partial charge on any atom is -0.272 e. The first kappa shape index (κ1) is 10.8. The maximum absolute atomic E-state index is 13.1. The second kappa shape index (κ2) is 4.32. The monoisotopic (exact) mass is 223 g/mol. The van der Waals surface area contributed by atoms with Crippen LogP contribution in [0.4, 0.5) is 8.78 Å². The molecule has 0 amide bonds. The van der Waals surface area contributed by atoms with E-state index < -0.39 is 19.1 Å². The van der Waals surface area contributed by atoms with Gasteiger partial charge in [0.25, 0.3) is 0 Å². The summed E-state index contributed by atoms with van der Waals surface area (Å²) in [6, 6.07) is 3.43. The van der Waals surface area contributed by atoms with Crippen LogP contribution in [0.25, 0.3) is 0 Å². The quantitative estimate of drug-likeness (QED) is 0.697. The normalized spacial score (nSPS) is 13.4. The molecule has 0 N–H and O–H groups in total. The van der Waals surface area contributed by atoms with Crippen LogP contribution >= 0.6 is 18.7 Å². The van der Waals surface area contributed by atoms with Gasteiger partial charge in [-0.15, -0.1) is 0 Å². The van der Waals surface area contributed by atoms with Crippen molar-refractivity contribution in [2.75, 3.05) is 14.1 Å². The van der Waals surface area contributed by atoms with E-state index >= 15 is 0 Å². The smallest absolute Gasteiger partial charge is 0.136 e. The van der Waals surface area contributed by atoms with Gasteiger partial charge in [-0.1, -0.05) is 11.2 Å². The van der Waals surface area contributed by atoms with Crippen LogP contribution in [0.2, 0.25) is 0 Å². The van der Waals surface area contributed by atoms with Crippen molar-refractivity contribution in [1.82, 2.24) is 4.67 Å². The number of hydrogen-bond acceptors (Lipinski definition) is 1. The van der Waals surface area contributed by atoms with E-state index in [1.165, 1.54) is 12.1 Å². The summed E-state index contributed by atoms with van der Waals surface area (Å²) in [7, 11) is 2.30. The van der Waals surface area contributed by atoms with Crippen molar-refractivity contribution < 1.29 is 8.78 Å². The molecule has 0 radical (unpaired) electrons. The highest BCUT2D eigenvalue weighted by Gasteiger charge is 2.15. The molecule has 0 saturated carbocycles. The van der Waals surface area contributed by atoms with Crippen LogP contribution in [0.15, 0.2) is 18.2 Å². The molecule has 0 bridgehead atoms. The number of halogens is 3. The molecule has 0 aliphatic rings. The topological polar surface area (TPSA) is 3.24 Å². The third-order valence-electron chi connectivity index (χ3n) is 1.46. The highest BCUT2D eigenvalue weighted by atomic mass is 35.7. The lowest BCUT2D eigenvalue weighted by molar-refractivity contribution is 0.587. The average molecular weight is 224 g/mol. The lowest BCUT2D eigenvalue weighted by Gasteiger charge is -2.17. The third-order valence-corrected chi connectivity index (χ3v) is 4.38. The zero-order valence-electron chi connectivity index (χ0n) is 7.26. The van der Waals surface area contributed by atoms with Gasteiger partial charge in [0, 0.05) is 11.4 Å². The van der Waals surface area contributed by atoms with Gasteiger partial charge in [-0.2, -0.15) is 0 Å². The largest absolute Gasteiger partial charge is 0.272 e. The van der Waals surface area contributed by atoms with E-state index in [0.717, 1.165) is 6.07 Å². The second-order valence-electron chi connectivity index (χ2n) is 2.70. The Morgan fingerprint density at radius 1 is 1.31 bits per heavy atom. The molecule has 0 aliphatic heterocycles. The molecule has 0 saturated heterocycles. The lowest BCUT2D eigenvalue weighted by Crippen LogP contribution is -2.14. The van der Waals surface area contributed by atoms with E-state index in [-0.39, 0.29) is 0 Å². The Balaban J connectivity index is 3.01. The molecule has 1 atom stereocenters. The van der Waals surface area contributed by atoms with E-state index in [9.17, 15) is 8.78 Å². The van der Waals surface area contributed by atoms with Gasteiger partial charge in [0.2, 0.25) is 0 Å². The third kappa shape index (κ3) is 2.60. The summed E-state index contributed by atoms with van der Waals surface area (Å²) in [6.07, 6.45) is 0. The Morgan fingerprint density at radius 3 is 2.38 bits per heavy atom. The zero-order chi connectivity index (χ0) is 10.0. The minimum absolute atomic E-state index is 0.350. The zero-order valence-corrected chi connectivity index (χ0v) is 8.91. The van der Waals surface area contributed by atoms with Crippen LogP contribution in [0.3, 0.4) is 0 Å². The minimum atomic E-state index is -1.20. The number of benzene rings is 1. The summed E-state index contributed by atoms with van der Waals surface area (Å²) in [5.41, 5.74) is 0.